The van der Waals surface area contributed by atoms with Crippen molar-refractivity contribution in [2.45, 2.75) is 6.42 Å². The van der Waals surface area contributed by atoms with Gasteiger partial charge in [-0.1, -0.05) is 84.9 Å². The maximum atomic E-state index is 4.96. The van der Waals surface area contributed by atoms with Crippen molar-refractivity contribution in [2.24, 2.45) is 5.10 Å². The predicted octanol–water partition coefficient (Wildman–Crippen LogP) is 5.34. The Morgan fingerprint density at radius 1 is 0.625 bits per heavy atom. The lowest BCUT2D eigenvalue weighted by Gasteiger charge is -2.27. The summed E-state index contributed by atoms with van der Waals surface area (Å²) in [5, 5.41) is 7.00. The Morgan fingerprint density at radius 3 is 1.79 bits per heavy atom. The highest BCUT2D eigenvalue weighted by atomic mass is 15.5. The number of anilines is 1. The molecule has 1 aliphatic heterocycles. The van der Waals surface area contributed by atoms with Crippen LogP contribution in [-0.4, -0.2) is 5.71 Å². The maximum Gasteiger partial charge on any atom is 0.0724 e. The molecule has 0 unspecified atom stereocenters. The van der Waals surface area contributed by atoms with E-state index in [1.165, 1.54) is 11.1 Å². The van der Waals surface area contributed by atoms with E-state index in [1.807, 2.05) is 35.3 Å². The van der Waals surface area contributed by atoms with Crippen molar-refractivity contribution in [3.05, 3.63) is 108 Å². The van der Waals surface area contributed by atoms with Crippen LogP contribution in [0.5, 0.6) is 0 Å². The summed E-state index contributed by atoms with van der Waals surface area (Å²) in [5.74, 6) is 0. The van der Waals surface area contributed by atoms with Gasteiger partial charge in [0.1, 0.15) is 0 Å². The first-order valence-corrected chi connectivity index (χ1v) is 8.15. The SMILES string of the molecule is C1=C(c2ccccc2)N(c2ccccc2)N=C(c2ccccc2)C1. The van der Waals surface area contributed by atoms with E-state index in [9.17, 15) is 0 Å². The molecule has 0 amide bonds. The van der Waals surface area contributed by atoms with Gasteiger partial charge in [-0.2, -0.15) is 5.10 Å². The van der Waals surface area contributed by atoms with Crippen LogP contribution in [0.25, 0.3) is 5.70 Å². The van der Waals surface area contributed by atoms with Crippen molar-refractivity contribution in [1.82, 2.24) is 0 Å². The lowest BCUT2D eigenvalue weighted by molar-refractivity contribution is 1.05. The quantitative estimate of drug-likeness (QED) is 0.637. The zero-order valence-electron chi connectivity index (χ0n) is 13.3. The second-order valence-corrected chi connectivity index (χ2v) is 5.72. The van der Waals surface area contributed by atoms with E-state index in [0.29, 0.717) is 0 Å². The molecular formula is C22H18N2. The first kappa shape index (κ1) is 14.5. The second-order valence-electron chi connectivity index (χ2n) is 5.72. The molecule has 0 bridgehead atoms. The number of hydrogen-bond donors (Lipinski definition) is 0. The van der Waals surface area contributed by atoms with Crippen LogP contribution in [0.3, 0.4) is 0 Å². The summed E-state index contributed by atoms with van der Waals surface area (Å²) in [4.78, 5) is 0. The summed E-state index contributed by atoms with van der Waals surface area (Å²) in [5.41, 5.74) is 5.63. The second kappa shape index (κ2) is 6.55. The van der Waals surface area contributed by atoms with Crippen LogP contribution in [0.1, 0.15) is 17.5 Å². The van der Waals surface area contributed by atoms with Crippen LogP contribution >= 0.6 is 0 Å². The third kappa shape index (κ3) is 2.86. The van der Waals surface area contributed by atoms with Gasteiger partial charge in [-0.15, -0.1) is 0 Å². The highest BCUT2D eigenvalue weighted by Crippen LogP contribution is 2.30. The zero-order valence-corrected chi connectivity index (χ0v) is 13.3. The van der Waals surface area contributed by atoms with Crippen molar-refractivity contribution in [1.29, 1.82) is 0 Å². The van der Waals surface area contributed by atoms with Gasteiger partial charge in [0.2, 0.25) is 0 Å². The van der Waals surface area contributed by atoms with Crippen molar-refractivity contribution < 1.29 is 0 Å². The van der Waals surface area contributed by atoms with E-state index >= 15 is 0 Å². The molecule has 24 heavy (non-hydrogen) atoms. The average Bonchev–Trinajstić information content (AvgIpc) is 2.69. The minimum absolute atomic E-state index is 0.831. The molecule has 0 spiro atoms. The molecule has 3 aromatic carbocycles. The van der Waals surface area contributed by atoms with Crippen LogP contribution in [0.15, 0.2) is 102 Å². The molecule has 0 saturated heterocycles. The third-order valence-corrected chi connectivity index (χ3v) is 4.11. The van der Waals surface area contributed by atoms with Crippen LogP contribution in [0.4, 0.5) is 5.69 Å². The Bertz CT molecular complexity index is 866. The summed E-state index contributed by atoms with van der Waals surface area (Å²) in [6, 6.07) is 31.1. The number of rotatable bonds is 3. The van der Waals surface area contributed by atoms with Gasteiger partial charge in [-0.25, -0.2) is 5.01 Å². The van der Waals surface area contributed by atoms with Gasteiger partial charge >= 0.3 is 0 Å². The fourth-order valence-electron chi connectivity index (χ4n) is 2.92. The van der Waals surface area contributed by atoms with E-state index in [-0.39, 0.29) is 0 Å². The van der Waals surface area contributed by atoms with Gasteiger partial charge in [0.05, 0.1) is 17.1 Å². The van der Waals surface area contributed by atoms with Gasteiger partial charge in [-0.05, 0) is 23.3 Å². The van der Waals surface area contributed by atoms with Gasteiger partial charge in [0.25, 0.3) is 0 Å². The Kier molecular flexibility index (Phi) is 3.95. The molecule has 4 rings (SSSR count). The smallest absolute Gasteiger partial charge is 0.0724 e. The molecule has 0 aromatic heterocycles. The van der Waals surface area contributed by atoms with Crippen LogP contribution < -0.4 is 5.01 Å². The van der Waals surface area contributed by atoms with E-state index in [4.69, 9.17) is 5.10 Å². The minimum Gasteiger partial charge on any atom is -0.233 e. The fraction of sp³-hybridized carbons (Fsp3) is 0.0455. The molecule has 116 valence electrons. The summed E-state index contributed by atoms with van der Waals surface area (Å²) < 4.78 is 0. The first-order valence-electron chi connectivity index (χ1n) is 8.15. The van der Waals surface area contributed by atoms with Crippen LogP contribution in [0, 0.1) is 0 Å². The molecule has 0 atom stereocenters. The Hall–Kier alpha value is -3.13. The molecule has 1 heterocycles. The van der Waals surface area contributed by atoms with Crippen molar-refractivity contribution in [3.63, 3.8) is 0 Å². The number of benzene rings is 3. The lowest BCUT2D eigenvalue weighted by atomic mass is 10.0. The van der Waals surface area contributed by atoms with E-state index < -0.39 is 0 Å². The maximum absolute atomic E-state index is 4.96. The molecule has 2 heteroatoms. The summed E-state index contributed by atoms with van der Waals surface area (Å²) in [6.45, 7) is 0. The van der Waals surface area contributed by atoms with Crippen molar-refractivity contribution in [2.75, 3.05) is 5.01 Å². The number of hydrogen-bond acceptors (Lipinski definition) is 2. The standard InChI is InChI=1S/C22H18N2/c1-4-10-18(11-5-1)21-16-17-22(19-12-6-2-7-13-19)24(23-21)20-14-8-3-9-15-20/h1-15,17H,16H2. The van der Waals surface area contributed by atoms with E-state index in [2.05, 4.69) is 66.7 Å². The Labute approximate surface area is 142 Å². The van der Waals surface area contributed by atoms with Crippen LogP contribution in [0.2, 0.25) is 0 Å². The van der Waals surface area contributed by atoms with Gasteiger partial charge in [0, 0.05) is 6.42 Å². The number of nitrogens with zero attached hydrogens (tertiary/aromatic N) is 2. The molecule has 2 nitrogen and oxygen atoms in total. The predicted molar refractivity (Wildman–Crippen MR) is 101 cm³/mol. The summed E-state index contributed by atoms with van der Waals surface area (Å²) in [6.07, 6.45) is 3.09. The Morgan fingerprint density at radius 2 is 1.17 bits per heavy atom. The lowest BCUT2D eigenvalue weighted by Crippen LogP contribution is -2.22. The molecule has 0 N–H and O–H groups in total. The molecule has 1 aliphatic rings. The molecule has 3 aromatic rings. The minimum atomic E-state index is 0.831. The van der Waals surface area contributed by atoms with E-state index in [1.54, 1.807) is 0 Å². The molecule has 0 fully saturated rings. The van der Waals surface area contributed by atoms with Crippen molar-refractivity contribution >= 4 is 17.1 Å². The number of hydrazone groups is 1. The monoisotopic (exact) mass is 310 g/mol. The number of allylic oxidation sites excluding steroid dienone is 1. The van der Waals surface area contributed by atoms with Gasteiger partial charge in [0.15, 0.2) is 0 Å². The normalized spacial score (nSPS) is 14.1. The first-order chi connectivity index (χ1) is 11.9. The highest BCUT2D eigenvalue weighted by molar-refractivity contribution is 6.05. The highest BCUT2D eigenvalue weighted by Gasteiger charge is 2.19. The topological polar surface area (TPSA) is 15.6 Å². The average molecular weight is 310 g/mol. The van der Waals surface area contributed by atoms with Gasteiger partial charge < -0.3 is 0 Å². The zero-order chi connectivity index (χ0) is 16.2. The largest absolute Gasteiger partial charge is 0.233 e. The molecular weight excluding hydrogens is 292 g/mol. The summed E-state index contributed by atoms with van der Waals surface area (Å²) in [7, 11) is 0. The fourth-order valence-corrected chi connectivity index (χ4v) is 2.92. The molecule has 0 radical (unpaired) electrons. The summed E-state index contributed by atoms with van der Waals surface area (Å²) >= 11 is 0. The van der Waals surface area contributed by atoms with Crippen molar-refractivity contribution in [3.8, 4) is 0 Å². The van der Waals surface area contributed by atoms with Crippen LogP contribution in [-0.2, 0) is 0 Å². The van der Waals surface area contributed by atoms with E-state index in [0.717, 1.165) is 23.5 Å². The molecule has 0 aliphatic carbocycles. The molecule has 0 saturated carbocycles. The number of para-hydroxylation sites is 1. The third-order valence-electron chi connectivity index (χ3n) is 4.11. The van der Waals surface area contributed by atoms with Gasteiger partial charge in [-0.3, -0.25) is 0 Å². The Balaban J connectivity index is 1.78.